The predicted octanol–water partition coefficient (Wildman–Crippen LogP) is 4.67. The Kier molecular flexibility index (Phi) is 4.47. The van der Waals surface area contributed by atoms with Crippen LogP contribution in [0.1, 0.15) is 28.9 Å². The molecular formula is C20H17ClFN3O. The van der Waals surface area contributed by atoms with Crippen molar-refractivity contribution in [2.75, 3.05) is 0 Å². The van der Waals surface area contributed by atoms with Gasteiger partial charge in [-0.3, -0.25) is 9.89 Å². The fourth-order valence-electron chi connectivity index (χ4n) is 2.97. The maximum absolute atomic E-state index is 13.5. The zero-order valence-corrected chi connectivity index (χ0v) is 14.7. The van der Waals surface area contributed by atoms with Gasteiger partial charge < -0.3 is 4.90 Å². The maximum atomic E-state index is 13.5. The molecule has 1 heterocycles. The second-order valence-corrected chi connectivity index (χ2v) is 6.91. The quantitative estimate of drug-likeness (QED) is 0.710. The number of carbonyl (C=O) groups excluding carboxylic acids is 1. The van der Waals surface area contributed by atoms with E-state index in [9.17, 15) is 9.18 Å². The second kappa shape index (κ2) is 6.92. The van der Waals surface area contributed by atoms with Gasteiger partial charge in [0, 0.05) is 23.2 Å². The van der Waals surface area contributed by atoms with Gasteiger partial charge in [0.25, 0.3) is 5.91 Å². The first-order valence-electron chi connectivity index (χ1n) is 8.47. The summed E-state index contributed by atoms with van der Waals surface area (Å²) in [7, 11) is 0. The molecule has 0 bridgehead atoms. The zero-order valence-electron chi connectivity index (χ0n) is 14.0. The molecule has 3 aromatic rings. The Bertz CT molecular complexity index is 951. The smallest absolute Gasteiger partial charge is 0.272 e. The molecule has 132 valence electrons. The molecule has 1 aliphatic carbocycles. The van der Waals surface area contributed by atoms with Gasteiger partial charge in [-0.1, -0.05) is 35.9 Å². The van der Waals surface area contributed by atoms with Crippen molar-refractivity contribution in [2.24, 2.45) is 0 Å². The van der Waals surface area contributed by atoms with Crippen molar-refractivity contribution in [1.82, 2.24) is 15.1 Å². The Labute approximate surface area is 155 Å². The number of halogens is 2. The van der Waals surface area contributed by atoms with Gasteiger partial charge >= 0.3 is 0 Å². The van der Waals surface area contributed by atoms with E-state index in [4.69, 9.17) is 11.6 Å². The van der Waals surface area contributed by atoms with E-state index < -0.39 is 0 Å². The minimum Gasteiger partial charge on any atom is -0.330 e. The van der Waals surface area contributed by atoms with Gasteiger partial charge in [0.1, 0.15) is 11.5 Å². The first kappa shape index (κ1) is 16.8. The summed E-state index contributed by atoms with van der Waals surface area (Å²) < 4.78 is 13.5. The lowest BCUT2D eigenvalue weighted by Crippen LogP contribution is -2.32. The number of rotatable bonds is 5. The summed E-state index contributed by atoms with van der Waals surface area (Å²) in [6.07, 6.45) is 1.94. The highest BCUT2D eigenvalue weighted by Crippen LogP contribution is 2.30. The number of aromatic amines is 1. The number of benzene rings is 2. The molecule has 4 nitrogen and oxygen atoms in total. The molecule has 0 radical (unpaired) electrons. The minimum absolute atomic E-state index is 0.127. The van der Waals surface area contributed by atoms with Gasteiger partial charge in [-0.05, 0) is 48.7 Å². The van der Waals surface area contributed by atoms with Crippen molar-refractivity contribution >= 4 is 17.5 Å². The largest absolute Gasteiger partial charge is 0.330 e. The third kappa shape index (κ3) is 3.63. The number of hydrogen-bond acceptors (Lipinski definition) is 2. The van der Waals surface area contributed by atoms with E-state index in [0.29, 0.717) is 23.0 Å². The number of amides is 1. The van der Waals surface area contributed by atoms with Gasteiger partial charge in [0.05, 0.1) is 5.69 Å². The Morgan fingerprint density at radius 2 is 2.00 bits per heavy atom. The molecule has 1 saturated carbocycles. The average molecular weight is 370 g/mol. The van der Waals surface area contributed by atoms with Crippen LogP contribution in [-0.2, 0) is 6.54 Å². The van der Waals surface area contributed by atoms with Gasteiger partial charge in [-0.2, -0.15) is 5.10 Å². The summed E-state index contributed by atoms with van der Waals surface area (Å²) in [5.74, 6) is -0.423. The molecule has 0 atom stereocenters. The second-order valence-electron chi connectivity index (χ2n) is 6.47. The Hall–Kier alpha value is -2.66. The molecule has 1 aromatic heterocycles. The monoisotopic (exact) mass is 369 g/mol. The summed E-state index contributed by atoms with van der Waals surface area (Å²) in [5, 5.41) is 7.68. The molecule has 2 aromatic carbocycles. The molecule has 1 N–H and O–H groups in total. The summed E-state index contributed by atoms with van der Waals surface area (Å²) in [4.78, 5) is 14.7. The minimum atomic E-state index is -0.296. The molecule has 26 heavy (non-hydrogen) atoms. The molecule has 0 spiro atoms. The molecular weight excluding hydrogens is 353 g/mol. The van der Waals surface area contributed by atoms with Gasteiger partial charge in [-0.15, -0.1) is 0 Å². The first-order chi connectivity index (χ1) is 12.6. The van der Waals surface area contributed by atoms with E-state index >= 15 is 0 Å². The van der Waals surface area contributed by atoms with E-state index in [-0.39, 0.29) is 17.8 Å². The average Bonchev–Trinajstić information content (AvgIpc) is 3.35. The van der Waals surface area contributed by atoms with Crippen LogP contribution in [0.5, 0.6) is 0 Å². The number of H-pyrrole nitrogens is 1. The number of nitrogens with one attached hydrogen (secondary N) is 1. The standard InChI is InChI=1S/C20H17ClFN3O/c21-15-5-2-4-14(10-15)18-11-19(24-23-18)20(26)25(17-7-8-17)12-13-3-1-6-16(22)9-13/h1-6,9-11,17H,7-8,12H2,(H,23,24). The van der Waals surface area contributed by atoms with E-state index in [2.05, 4.69) is 10.2 Å². The molecule has 1 fully saturated rings. The molecule has 1 aliphatic rings. The number of nitrogens with zero attached hydrogens (tertiary/aromatic N) is 2. The van der Waals surface area contributed by atoms with Gasteiger partial charge in [0.15, 0.2) is 0 Å². The van der Waals surface area contributed by atoms with Crippen LogP contribution in [0.2, 0.25) is 5.02 Å². The SMILES string of the molecule is O=C(c1cc(-c2cccc(Cl)c2)n[nH]1)N(Cc1cccc(F)c1)C1CC1. The summed E-state index contributed by atoms with van der Waals surface area (Å²) >= 11 is 6.02. The van der Waals surface area contributed by atoms with E-state index in [0.717, 1.165) is 24.0 Å². The van der Waals surface area contributed by atoms with Gasteiger partial charge in [-0.25, -0.2) is 4.39 Å². The highest BCUT2D eigenvalue weighted by molar-refractivity contribution is 6.30. The van der Waals surface area contributed by atoms with Crippen LogP contribution >= 0.6 is 11.6 Å². The summed E-state index contributed by atoms with van der Waals surface area (Å²) in [6.45, 7) is 0.382. The predicted molar refractivity (Wildman–Crippen MR) is 98.3 cm³/mol. The first-order valence-corrected chi connectivity index (χ1v) is 8.85. The lowest BCUT2D eigenvalue weighted by molar-refractivity contribution is 0.0723. The number of aromatic nitrogens is 2. The Morgan fingerprint density at radius 3 is 2.73 bits per heavy atom. The summed E-state index contributed by atoms with van der Waals surface area (Å²) in [5.41, 5.74) is 2.70. The van der Waals surface area contributed by atoms with E-state index in [1.165, 1.54) is 12.1 Å². The highest BCUT2D eigenvalue weighted by atomic mass is 35.5. The van der Waals surface area contributed by atoms with Crippen molar-refractivity contribution in [3.63, 3.8) is 0 Å². The molecule has 4 rings (SSSR count). The number of hydrogen-bond donors (Lipinski definition) is 1. The normalized spacial score (nSPS) is 13.6. The lowest BCUT2D eigenvalue weighted by atomic mass is 10.1. The van der Waals surface area contributed by atoms with Crippen molar-refractivity contribution in [1.29, 1.82) is 0 Å². The Morgan fingerprint density at radius 1 is 1.19 bits per heavy atom. The van der Waals surface area contributed by atoms with Crippen molar-refractivity contribution in [3.05, 3.63) is 76.7 Å². The van der Waals surface area contributed by atoms with E-state index in [1.807, 2.05) is 18.2 Å². The van der Waals surface area contributed by atoms with Gasteiger partial charge in [0.2, 0.25) is 0 Å². The van der Waals surface area contributed by atoms with Crippen molar-refractivity contribution in [2.45, 2.75) is 25.4 Å². The molecule has 0 aliphatic heterocycles. The number of carbonyl (C=O) groups is 1. The maximum Gasteiger partial charge on any atom is 0.272 e. The van der Waals surface area contributed by atoms with Crippen LogP contribution in [0.3, 0.4) is 0 Å². The van der Waals surface area contributed by atoms with Crippen LogP contribution in [0.25, 0.3) is 11.3 Å². The van der Waals surface area contributed by atoms with Crippen LogP contribution < -0.4 is 0 Å². The lowest BCUT2D eigenvalue weighted by Gasteiger charge is -2.21. The molecule has 0 unspecified atom stereocenters. The van der Waals surface area contributed by atoms with Crippen LogP contribution in [-0.4, -0.2) is 27.0 Å². The molecule has 1 amide bonds. The zero-order chi connectivity index (χ0) is 18.1. The fraction of sp³-hybridized carbons (Fsp3) is 0.200. The van der Waals surface area contributed by atoms with Crippen LogP contribution in [0.15, 0.2) is 54.6 Å². The fourth-order valence-corrected chi connectivity index (χ4v) is 3.16. The third-order valence-corrected chi connectivity index (χ3v) is 4.65. The van der Waals surface area contributed by atoms with E-state index in [1.54, 1.807) is 29.2 Å². The van der Waals surface area contributed by atoms with Crippen LogP contribution in [0.4, 0.5) is 4.39 Å². The molecule has 6 heteroatoms. The topological polar surface area (TPSA) is 49.0 Å². The Balaban J connectivity index is 1.57. The van der Waals surface area contributed by atoms with Crippen LogP contribution in [0, 0.1) is 5.82 Å². The summed E-state index contributed by atoms with van der Waals surface area (Å²) in [6, 6.07) is 15.6. The third-order valence-electron chi connectivity index (χ3n) is 4.42. The molecule has 0 saturated heterocycles. The van der Waals surface area contributed by atoms with Crippen molar-refractivity contribution < 1.29 is 9.18 Å². The van der Waals surface area contributed by atoms with Crippen molar-refractivity contribution in [3.8, 4) is 11.3 Å². The highest BCUT2D eigenvalue weighted by Gasteiger charge is 2.33.